The molecule has 1 amide bonds. The van der Waals surface area contributed by atoms with Crippen molar-refractivity contribution in [3.05, 3.63) is 40.9 Å². The second-order valence-electron chi connectivity index (χ2n) is 6.40. The summed E-state index contributed by atoms with van der Waals surface area (Å²) in [6.07, 6.45) is -8.49. The number of halogens is 7. The normalized spacial score (nSPS) is 23.3. The van der Waals surface area contributed by atoms with Gasteiger partial charge in [-0.25, -0.2) is 0 Å². The maximum atomic E-state index is 12.7. The van der Waals surface area contributed by atoms with Crippen molar-refractivity contribution in [3.63, 3.8) is 0 Å². The van der Waals surface area contributed by atoms with Gasteiger partial charge < -0.3 is 5.32 Å². The van der Waals surface area contributed by atoms with Gasteiger partial charge in [0.05, 0.1) is 11.5 Å². The number of anilines is 1. The molecule has 0 saturated heterocycles. The van der Waals surface area contributed by atoms with E-state index in [1.807, 2.05) is 0 Å². The van der Waals surface area contributed by atoms with Gasteiger partial charge in [-0.1, -0.05) is 37.6 Å². The molecule has 138 valence electrons. The zero-order valence-corrected chi connectivity index (χ0v) is 13.9. The van der Waals surface area contributed by atoms with Crippen LogP contribution in [0.15, 0.2) is 35.4 Å². The van der Waals surface area contributed by atoms with Crippen molar-refractivity contribution < 1.29 is 31.1 Å². The number of rotatable bonds is 3. The monoisotopic (exact) mass is 385 g/mol. The Labute approximate surface area is 144 Å². The van der Waals surface area contributed by atoms with Gasteiger partial charge >= 0.3 is 12.4 Å². The van der Waals surface area contributed by atoms with Crippen LogP contribution >= 0.6 is 11.6 Å². The van der Waals surface area contributed by atoms with E-state index in [0.717, 1.165) is 24.3 Å². The molecule has 9 heteroatoms. The number of allylic oxidation sites excluding steroid dienone is 2. The first-order chi connectivity index (χ1) is 11.2. The van der Waals surface area contributed by atoms with Crippen LogP contribution in [0.3, 0.4) is 0 Å². The first-order valence-electron chi connectivity index (χ1n) is 7.17. The van der Waals surface area contributed by atoms with E-state index in [-0.39, 0.29) is 5.69 Å². The molecule has 0 aliphatic heterocycles. The summed E-state index contributed by atoms with van der Waals surface area (Å²) in [4.78, 5) is 12.2. The van der Waals surface area contributed by atoms with E-state index in [1.54, 1.807) is 13.8 Å². The van der Waals surface area contributed by atoms with Crippen LogP contribution in [0.1, 0.15) is 19.4 Å². The molecule has 2 nitrogen and oxygen atoms in total. The highest BCUT2D eigenvalue weighted by Gasteiger charge is 2.61. The molecule has 0 aromatic heterocycles. The van der Waals surface area contributed by atoms with Gasteiger partial charge in [0.1, 0.15) is 5.03 Å². The molecule has 1 aliphatic rings. The van der Waals surface area contributed by atoms with Crippen LogP contribution in [0.5, 0.6) is 0 Å². The minimum atomic E-state index is -4.71. The number of nitrogens with one attached hydrogen (secondary N) is 1. The molecular formula is C16H14ClF6NO. The third kappa shape index (κ3) is 4.29. The molecule has 0 heterocycles. The second kappa shape index (κ2) is 6.23. The van der Waals surface area contributed by atoms with Gasteiger partial charge in [-0.3, -0.25) is 4.79 Å². The third-order valence-electron chi connectivity index (χ3n) is 4.25. The van der Waals surface area contributed by atoms with Crippen LogP contribution in [-0.4, -0.2) is 12.1 Å². The molecule has 2 rings (SSSR count). The largest absolute Gasteiger partial charge is 0.426 e. The van der Waals surface area contributed by atoms with E-state index in [2.05, 4.69) is 5.32 Å². The third-order valence-corrected chi connectivity index (χ3v) is 4.59. The fourth-order valence-electron chi connectivity index (χ4n) is 2.73. The van der Waals surface area contributed by atoms with E-state index in [4.69, 9.17) is 11.6 Å². The Balaban J connectivity index is 2.14. The van der Waals surface area contributed by atoms with E-state index >= 15 is 0 Å². The second-order valence-corrected chi connectivity index (χ2v) is 6.81. The van der Waals surface area contributed by atoms with E-state index in [0.29, 0.717) is 0 Å². The maximum absolute atomic E-state index is 12.7. The Bertz CT molecular complexity index is 707. The quantitative estimate of drug-likeness (QED) is 0.674. The molecule has 1 saturated carbocycles. The van der Waals surface area contributed by atoms with Gasteiger partial charge in [-0.2, -0.15) is 26.3 Å². The zero-order valence-electron chi connectivity index (χ0n) is 13.1. The highest BCUT2D eigenvalue weighted by Crippen LogP contribution is 2.60. The molecule has 1 aliphatic carbocycles. The van der Waals surface area contributed by atoms with Crippen molar-refractivity contribution in [2.45, 2.75) is 26.2 Å². The van der Waals surface area contributed by atoms with E-state index in [9.17, 15) is 31.1 Å². The van der Waals surface area contributed by atoms with Gasteiger partial charge in [0.25, 0.3) is 0 Å². The number of hydrogen-bond acceptors (Lipinski definition) is 1. The van der Waals surface area contributed by atoms with Crippen LogP contribution < -0.4 is 5.32 Å². The van der Waals surface area contributed by atoms with E-state index < -0.39 is 46.1 Å². The molecule has 1 aromatic carbocycles. The molecule has 2 atom stereocenters. The lowest BCUT2D eigenvalue weighted by Crippen LogP contribution is -2.17. The fraction of sp³-hybridized carbons (Fsp3) is 0.438. The Kier molecular flexibility index (Phi) is 4.89. The summed E-state index contributed by atoms with van der Waals surface area (Å²) in [5.74, 6) is -2.23. The summed E-state index contributed by atoms with van der Waals surface area (Å²) in [6.45, 7) is 3.18. The standard InChI is InChI=1S/C16H14ClF6NO/c1-14(2)10(7-11(17)16(21,22)23)12(14)13(25)24-9-5-3-4-8(6-9)15(18,19)20/h3-7,10,12H,1-2H3,(H,24,25). The predicted octanol–water partition coefficient (Wildman–Crippen LogP) is 5.60. The van der Waals surface area contributed by atoms with Gasteiger partial charge in [-0.05, 0) is 29.5 Å². The summed E-state index contributed by atoms with van der Waals surface area (Å²) in [6, 6.07) is 4.02. The van der Waals surface area contributed by atoms with Crippen LogP contribution in [0.2, 0.25) is 0 Å². The van der Waals surface area contributed by atoms with Gasteiger partial charge in [0.15, 0.2) is 0 Å². The molecule has 2 unspecified atom stereocenters. The van der Waals surface area contributed by atoms with Gasteiger partial charge in [-0.15, -0.1) is 0 Å². The Hall–Kier alpha value is -1.70. The van der Waals surface area contributed by atoms with Crippen molar-refractivity contribution in [2.24, 2.45) is 17.3 Å². The zero-order chi connectivity index (χ0) is 19.2. The lowest BCUT2D eigenvalue weighted by atomic mass is 10.1. The average Bonchev–Trinajstić information content (AvgIpc) is 2.98. The van der Waals surface area contributed by atoms with Crippen LogP contribution in [0.4, 0.5) is 32.0 Å². The fourth-order valence-corrected chi connectivity index (χ4v) is 2.87. The minimum Gasteiger partial charge on any atom is -0.326 e. The average molecular weight is 386 g/mol. The lowest BCUT2D eigenvalue weighted by Gasteiger charge is -2.10. The summed E-state index contributed by atoms with van der Waals surface area (Å²) < 4.78 is 75.6. The number of alkyl halides is 6. The topological polar surface area (TPSA) is 29.1 Å². The lowest BCUT2D eigenvalue weighted by molar-refractivity contribution is -0.137. The molecule has 1 fully saturated rings. The van der Waals surface area contributed by atoms with Crippen LogP contribution in [-0.2, 0) is 11.0 Å². The van der Waals surface area contributed by atoms with Crippen LogP contribution in [0.25, 0.3) is 0 Å². The SMILES string of the molecule is CC1(C)C(C=C(Cl)C(F)(F)F)C1C(=O)Nc1cccc(C(F)(F)F)c1. The molecule has 1 aromatic rings. The maximum Gasteiger partial charge on any atom is 0.426 e. The Morgan fingerprint density at radius 1 is 1.20 bits per heavy atom. The highest BCUT2D eigenvalue weighted by atomic mass is 35.5. The Morgan fingerprint density at radius 3 is 2.32 bits per heavy atom. The van der Waals surface area contributed by atoms with Gasteiger partial charge in [0, 0.05) is 5.69 Å². The number of carbonyl (C=O) groups is 1. The highest BCUT2D eigenvalue weighted by molar-refractivity contribution is 6.30. The van der Waals surface area contributed by atoms with Gasteiger partial charge in [0.2, 0.25) is 5.91 Å². The number of benzene rings is 1. The summed E-state index contributed by atoms with van der Waals surface area (Å²) >= 11 is 5.20. The van der Waals surface area contributed by atoms with Crippen LogP contribution in [0, 0.1) is 17.3 Å². The summed E-state index contributed by atoms with van der Waals surface area (Å²) in [5.41, 5.74) is -1.79. The Morgan fingerprint density at radius 2 is 1.80 bits per heavy atom. The number of amides is 1. The van der Waals surface area contributed by atoms with Crippen molar-refractivity contribution in [2.75, 3.05) is 5.32 Å². The van der Waals surface area contributed by atoms with Crippen molar-refractivity contribution in [1.82, 2.24) is 0 Å². The van der Waals surface area contributed by atoms with Crippen molar-refractivity contribution in [3.8, 4) is 0 Å². The molecule has 0 spiro atoms. The smallest absolute Gasteiger partial charge is 0.326 e. The first kappa shape index (κ1) is 19.6. The molecule has 25 heavy (non-hydrogen) atoms. The number of hydrogen-bond donors (Lipinski definition) is 1. The minimum absolute atomic E-state index is 0.0767. The molecular weight excluding hydrogens is 372 g/mol. The predicted molar refractivity (Wildman–Crippen MR) is 80.8 cm³/mol. The van der Waals surface area contributed by atoms with Crippen molar-refractivity contribution >= 4 is 23.2 Å². The molecule has 0 bridgehead atoms. The number of carbonyl (C=O) groups excluding carboxylic acids is 1. The molecule has 0 radical (unpaired) electrons. The summed E-state index contributed by atoms with van der Waals surface area (Å²) in [7, 11) is 0. The first-order valence-corrected chi connectivity index (χ1v) is 7.55. The summed E-state index contributed by atoms with van der Waals surface area (Å²) in [5, 5.41) is 1.00. The van der Waals surface area contributed by atoms with E-state index in [1.165, 1.54) is 6.07 Å². The molecule has 1 N–H and O–H groups in total. The van der Waals surface area contributed by atoms with Crippen molar-refractivity contribution in [1.29, 1.82) is 0 Å².